The predicted molar refractivity (Wildman–Crippen MR) is 136 cm³/mol. The molecular weight excluding hydrogens is 482 g/mol. The molecule has 2 aliphatic rings. The number of imidazole rings is 1. The highest BCUT2D eigenvalue weighted by Crippen LogP contribution is 2.34. The molecule has 3 aromatic rings. The standard InChI is InChI=1S/C24H25FN4OS.2ClH/c25-18-4-1-3-16(13-18)7-8-20(17-9-11-26-12-10-17)28-24(30)21-14-19-15-27-22-5-2-6-23(31-21)29(19)22;;/h1-6,13-15,17,20,26H,7-12H2,(H,28,30);2*1H. The molecular formula is C24H27Cl2FN4OS. The Kier molecular flexibility index (Phi) is 8.82. The number of thioether (sulfide) groups is 1. The Morgan fingerprint density at radius 1 is 1.21 bits per heavy atom. The Morgan fingerprint density at radius 3 is 2.79 bits per heavy atom. The van der Waals surface area contributed by atoms with Crippen molar-refractivity contribution in [3.05, 3.63) is 70.6 Å². The number of benzene rings is 1. The zero-order chi connectivity index (χ0) is 21.2. The van der Waals surface area contributed by atoms with E-state index in [4.69, 9.17) is 0 Å². The molecule has 1 fully saturated rings. The molecule has 0 bridgehead atoms. The molecule has 0 spiro atoms. The van der Waals surface area contributed by atoms with Gasteiger partial charge in [-0.3, -0.25) is 9.20 Å². The van der Waals surface area contributed by atoms with Gasteiger partial charge in [0.2, 0.25) is 0 Å². The molecule has 0 aliphatic carbocycles. The fourth-order valence-electron chi connectivity index (χ4n) is 4.53. The molecule has 5 rings (SSSR count). The lowest BCUT2D eigenvalue weighted by Crippen LogP contribution is -2.45. The number of amides is 1. The Bertz CT molecular complexity index is 1150. The summed E-state index contributed by atoms with van der Waals surface area (Å²) in [6.07, 6.45) is 7.33. The number of nitrogens with one attached hydrogen (secondary N) is 2. The van der Waals surface area contributed by atoms with Crippen LogP contribution in [0.2, 0.25) is 0 Å². The van der Waals surface area contributed by atoms with Gasteiger partial charge in [0.25, 0.3) is 5.91 Å². The van der Waals surface area contributed by atoms with Gasteiger partial charge in [0.05, 0.1) is 21.8 Å². The van der Waals surface area contributed by atoms with Crippen molar-refractivity contribution in [1.29, 1.82) is 0 Å². The Morgan fingerprint density at radius 2 is 2.00 bits per heavy atom. The van der Waals surface area contributed by atoms with E-state index in [2.05, 4.69) is 20.0 Å². The second-order valence-electron chi connectivity index (χ2n) is 8.19. The normalized spacial score (nSPS) is 16.3. The van der Waals surface area contributed by atoms with Crippen LogP contribution in [0.3, 0.4) is 0 Å². The second-order valence-corrected chi connectivity index (χ2v) is 9.25. The summed E-state index contributed by atoms with van der Waals surface area (Å²) in [5.41, 5.74) is 2.78. The SMILES string of the molecule is Cl.Cl.O=C(NC(CCc1cccc(F)c1)C1CCNCC1)C1=Cc2cnc3cccc(n23)S1. The summed E-state index contributed by atoms with van der Waals surface area (Å²) in [4.78, 5) is 18.4. The third-order valence-corrected chi connectivity index (χ3v) is 7.19. The van der Waals surface area contributed by atoms with E-state index in [9.17, 15) is 9.18 Å². The molecule has 1 saturated heterocycles. The largest absolute Gasteiger partial charge is 0.349 e. The highest BCUT2D eigenvalue weighted by molar-refractivity contribution is 8.04. The second kappa shape index (κ2) is 11.4. The Hall–Kier alpha value is -2.06. The summed E-state index contributed by atoms with van der Waals surface area (Å²) in [5.74, 6) is 0.161. The van der Waals surface area contributed by atoms with E-state index in [0.717, 1.165) is 60.7 Å². The van der Waals surface area contributed by atoms with Crippen molar-refractivity contribution in [1.82, 2.24) is 20.0 Å². The van der Waals surface area contributed by atoms with Crippen molar-refractivity contribution >= 4 is 54.2 Å². The quantitative estimate of drug-likeness (QED) is 0.498. The monoisotopic (exact) mass is 508 g/mol. The number of hydrogen-bond donors (Lipinski definition) is 2. The van der Waals surface area contributed by atoms with E-state index in [0.29, 0.717) is 10.8 Å². The fraction of sp³-hybridized carbons (Fsp3) is 0.333. The number of aryl methyl sites for hydroxylation is 1. The molecule has 0 radical (unpaired) electrons. The molecule has 5 nitrogen and oxygen atoms in total. The summed E-state index contributed by atoms with van der Waals surface area (Å²) in [7, 11) is 0. The number of carbonyl (C=O) groups is 1. The van der Waals surface area contributed by atoms with Crippen molar-refractivity contribution in [3.63, 3.8) is 0 Å². The number of rotatable bonds is 6. The first-order chi connectivity index (χ1) is 15.2. The predicted octanol–water partition coefficient (Wildman–Crippen LogP) is 4.88. The minimum Gasteiger partial charge on any atom is -0.349 e. The molecule has 176 valence electrons. The highest BCUT2D eigenvalue weighted by atomic mass is 35.5. The van der Waals surface area contributed by atoms with Crippen LogP contribution in [0.15, 0.2) is 58.6 Å². The number of carbonyl (C=O) groups excluding carboxylic acids is 1. The van der Waals surface area contributed by atoms with Crippen molar-refractivity contribution < 1.29 is 9.18 Å². The van der Waals surface area contributed by atoms with E-state index >= 15 is 0 Å². The molecule has 1 atom stereocenters. The summed E-state index contributed by atoms with van der Waals surface area (Å²) in [6, 6.07) is 12.7. The summed E-state index contributed by atoms with van der Waals surface area (Å²) in [6.45, 7) is 1.94. The van der Waals surface area contributed by atoms with Crippen LogP contribution in [0.4, 0.5) is 4.39 Å². The summed E-state index contributed by atoms with van der Waals surface area (Å²) in [5, 5.41) is 7.71. The maximum Gasteiger partial charge on any atom is 0.258 e. The fourth-order valence-corrected chi connectivity index (χ4v) is 5.52. The van der Waals surface area contributed by atoms with Crippen LogP contribution >= 0.6 is 36.6 Å². The smallest absolute Gasteiger partial charge is 0.258 e. The molecule has 1 amide bonds. The minimum absolute atomic E-state index is 0. The lowest BCUT2D eigenvalue weighted by atomic mass is 9.86. The lowest BCUT2D eigenvalue weighted by molar-refractivity contribution is -0.117. The minimum atomic E-state index is -0.213. The lowest BCUT2D eigenvalue weighted by Gasteiger charge is -2.32. The Labute approximate surface area is 209 Å². The molecule has 33 heavy (non-hydrogen) atoms. The van der Waals surface area contributed by atoms with Gasteiger partial charge in [0, 0.05) is 6.04 Å². The number of aromatic nitrogens is 2. The van der Waals surface area contributed by atoms with Crippen LogP contribution in [-0.2, 0) is 11.2 Å². The van der Waals surface area contributed by atoms with Gasteiger partial charge in [-0.2, -0.15) is 0 Å². The van der Waals surface area contributed by atoms with E-state index in [-0.39, 0.29) is 42.6 Å². The van der Waals surface area contributed by atoms with Crippen molar-refractivity contribution in [2.24, 2.45) is 5.92 Å². The zero-order valence-electron chi connectivity index (χ0n) is 18.0. The molecule has 2 aliphatic heterocycles. The van der Waals surface area contributed by atoms with Gasteiger partial charge < -0.3 is 10.6 Å². The first-order valence-corrected chi connectivity index (χ1v) is 11.6. The Balaban J connectivity index is 0.00000153. The van der Waals surface area contributed by atoms with Crippen molar-refractivity contribution in [3.8, 4) is 0 Å². The maximum absolute atomic E-state index is 13.6. The molecule has 2 aromatic heterocycles. The van der Waals surface area contributed by atoms with E-state index in [1.807, 2.05) is 30.3 Å². The van der Waals surface area contributed by atoms with Crippen LogP contribution < -0.4 is 10.6 Å². The van der Waals surface area contributed by atoms with Crippen LogP contribution in [-0.4, -0.2) is 34.4 Å². The average molecular weight is 509 g/mol. The number of pyridine rings is 1. The number of hydrogen-bond acceptors (Lipinski definition) is 4. The van der Waals surface area contributed by atoms with E-state index in [1.54, 1.807) is 18.3 Å². The number of halogens is 3. The van der Waals surface area contributed by atoms with Crippen molar-refractivity contribution in [2.45, 2.75) is 36.8 Å². The van der Waals surface area contributed by atoms with Gasteiger partial charge in [-0.25, -0.2) is 9.37 Å². The maximum atomic E-state index is 13.6. The molecule has 4 heterocycles. The van der Waals surface area contributed by atoms with Crippen LogP contribution in [0.5, 0.6) is 0 Å². The number of piperidine rings is 1. The topological polar surface area (TPSA) is 58.4 Å². The van der Waals surface area contributed by atoms with E-state index < -0.39 is 0 Å². The molecule has 2 N–H and O–H groups in total. The van der Waals surface area contributed by atoms with Gasteiger partial charge in [0.1, 0.15) is 11.5 Å². The number of nitrogens with zero attached hydrogens (tertiary/aromatic N) is 2. The van der Waals surface area contributed by atoms with Gasteiger partial charge in [-0.05, 0) is 80.6 Å². The molecule has 9 heteroatoms. The van der Waals surface area contributed by atoms with Crippen LogP contribution in [0, 0.1) is 11.7 Å². The summed E-state index contributed by atoms with van der Waals surface area (Å²) >= 11 is 1.48. The molecule has 0 saturated carbocycles. The van der Waals surface area contributed by atoms with Crippen LogP contribution in [0.1, 0.15) is 30.5 Å². The third kappa shape index (κ3) is 5.72. The zero-order valence-corrected chi connectivity index (χ0v) is 20.4. The van der Waals surface area contributed by atoms with Crippen LogP contribution in [0.25, 0.3) is 11.7 Å². The highest BCUT2D eigenvalue weighted by Gasteiger charge is 2.27. The van der Waals surface area contributed by atoms with Gasteiger partial charge in [-0.1, -0.05) is 30.0 Å². The first-order valence-electron chi connectivity index (χ1n) is 10.8. The first kappa shape index (κ1) is 25.6. The molecule has 1 unspecified atom stereocenters. The third-order valence-electron chi connectivity index (χ3n) is 6.14. The molecule has 1 aromatic carbocycles. The van der Waals surface area contributed by atoms with Gasteiger partial charge >= 0.3 is 0 Å². The van der Waals surface area contributed by atoms with Crippen molar-refractivity contribution in [2.75, 3.05) is 13.1 Å². The van der Waals surface area contributed by atoms with Gasteiger partial charge in [-0.15, -0.1) is 24.8 Å². The average Bonchev–Trinajstić information content (AvgIpc) is 3.22. The van der Waals surface area contributed by atoms with E-state index in [1.165, 1.54) is 17.8 Å². The van der Waals surface area contributed by atoms with Gasteiger partial charge in [0.15, 0.2) is 0 Å². The summed E-state index contributed by atoms with van der Waals surface area (Å²) < 4.78 is 15.7.